The first-order valence-electron chi connectivity index (χ1n) is 8.88. The van der Waals surface area contributed by atoms with Crippen LogP contribution in [0.25, 0.3) is 10.9 Å². The van der Waals surface area contributed by atoms with Gasteiger partial charge >= 0.3 is 6.03 Å². The van der Waals surface area contributed by atoms with Gasteiger partial charge in [-0.2, -0.15) is 0 Å². The summed E-state index contributed by atoms with van der Waals surface area (Å²) in [5, 5.41) is 3.47. The van der Waals surface area contributed by atoms with E-state index in [0.717, 1.165) is 10.9 Å². The first-order chi connectivity index (χ1) is 13.6. The van der Waals surface area contributed by atoms with Crippen LogP contribution in [0.15, 0.2) is 54.7 Å². The molecule has 144 valence electrons. The Hall–Kier alpha value is -3.68. The molecule has 0 saturated carbocycles. The van der Waals surface area contributed by atoms with E-state index in [1.165, 1.54) is 0 Å². The fourth-order valence-corrected chi connectivity index (χ4v) is 3.12. The number of hydrazine groups is 1. The van der Waals surface area contributed by atoms with Gasteiger partial charge in [-0.3, -0.25) is 10.2 Å². The van der Waals surface area contributed by atoms with E-state index in [1.54, 1.807) is 6.20 Å². The molecule has 0 saturated heterocycles. The number of carbonyl (C=O) groups excluding carboxylic acids is 2. The fraction of sp³-hybridized carbons (Fsp3) is 0.200. The lowest BCUT2D eigenvalue weighted by atomic mass is 10.2. The molecule has 0 fully saturated rings. The zero-order valence-electron chi connectivity index (χ0n) is 15.3. The summed E-state index contributed by atoms with van der Waals surface area (Å²) in [6.07, 6.45) is 1.42. The van der Waals surface area contributed by atoms with E-state index in [2.05, 4.69) is 16.2 Å². The highest BCUT2D eigenvalue weighted by molar-refractivity contribution is 6.07. The Labute approximate surface area is 161 Å². The van der Waals surface area contributed by atoms with Crippen molar-refractivity contribution in [2.75, 3.05) is 13.2 Å². The van der Waals surface area contributed by atoms with Crippen molar-refractivity contribution in [3.8, 4) is 11.5 Å². The van der Waals surface area contributed by atoms with Gasteiger partial charge in [0.05, 0.1) is 12.1 Å². The summed E-state index contributed by atoms with van der Waals surface area (Å²) >= 11 is 0. The van der Waals surface area contributed by atoms with Gasteiger partial charge in [0, 0.05) is 24.1 Å². The number of fused-ring (bicyclic) bond motifs is 2. The average Bonchev–Trinajstić information content (AvgIpc) is 3.07. The van der Waals surface area contributed by atoms with Crippen LogP contribution >= 0.6 is 0 Å². The predicted octanol–water partition coefficient (Wildman–Crippen LogP) is 1.96. The van der Waals surface area contributed by atoms with E-state index in [-0.39, 0.29) is 12.6 Å². The van der Waals surface area contributed by atoms with Crippen LogP contribution in [0.5, 0.6) is 11.5 Å². The summed E-state index contributed by atoms with van der Waals surface area (Å²) in [4.78, 5) is 24.4. The van der Waals surface area contributed by atoms with Gasteiger partial charge in [0.2, 0.25) is 0 Å². The molecule has 0 bridgehead atoms. The first-order valence-corrected chi connectivity index (χ1v) is 8.88. The Morgan fingerprint density at radius 2 is 1.82 bits per heavy atom. The standard InChI is InChI=1S/C20H20N4O4/c1-24-11-15(14-6-2-3-7-16(14)24)19(25)22-23-20(26)21-10-13-12-27-17-8-4-5-9-18(17)28-13/h2-9,11,13H,10,12H2,1H3,(H,22,25)(H2,21,23,26). The van der Waals surface area contributed by atoms with E-state index in [9.17, 15) is 9.59 Å². The lowest BCUT2D eigenvalue weighted by Crippen LogP contribution is -2.50. The quantitative estimate of drug-likeness (QED) is 0.606. The van der Waals surface area contributed by atoms with Crippen LogP contribution in [0.4, 0.5) is 4.79 Å². The molecule has 2 aromatic carbocycles. The van der Waals surface area contributed by atoms with Crippen molar-refractivity contribution < 1.29 is 19.1 Å². The van der Waals surface area contributed by atoms with E-state index >= 15 is 0 Å². The summed E-state index contributed by atoms with van der Waals surface area (Å²) < 4.78 is 13.2. The Balaban J connectivity index is 1.28. The molecule has 1 atom stereocenters. The molecule has 3 aromatic rings. The number of aromatic nitrogens is 1. The zero-order valence-corrected chi connectivity index (χ0v) is 15.3. The fourth-order valence-electron chi connectivity index (χ4n) is 3.12. The van der Waals surface area contributed by atoms with Crippen molar-refractivity contribution in [2.45, 2.75) is 6.10 Å². The number of amides is 3. The number of aryl methyl sites for hydroxylation is 1. The number of rotatable bonds is 3. The van der Waals surface area contributed by atoms with E-state index in [0.29, 0.717) is 23.7 Å². The molecule has 1 aromatic heterocycles. The molecule has 2 heterocycles. The second kappa shape index (κ2) is 7.51. The first kappa shape index (κ1) is 17.7. The zero-order chi connectivity index (χ0) is 19.5. The minimum absolute atomic E-state index is 0.240. The molecule has 8 heteroatoms. The Morgan fingerprint density at radius 1 is 1.07 bits per heavy atom. The topological polar surface area (TPSA) is 93.6 Å². The van der Waals surface area contributed by atoms with Gasteiger partial charge in [0.15, 0.2) is 17.6 Å². The summed E-state index contributed by atoms with van der Waals surface area (Å²) in [5.74, 6) is 0.939. The average molecular weight is 380 g/mol. The molecule has 1 unspecified atom stereocenters. The number of para-hydroxylation sites is 3. The van der Waals surface area contributed by atoms with Gasteiger partial charge < -0.3 is 19.4 Å². The second-order valence-corrected chi connectivity index (χ2v) is 6.46. The number of benzene rings is 2. The third-order valence-electron chi connectivity index (χ3n) is 4.49. The number of nitrogens with zero attached hydrogens (tertiary/aromatic N) is 1. The van der Waals surface area contributed by atoms with Crippen LogP contribution in [0.1, 0.15) is 10.4 Å². The predicted molar refractivity (Wildman–Crippen MR) is 103 cm³/mol. The lowest BCUT2D eigenvalue weighted by molar-refractivity contribution is 0.0902. The minimum Gasteiger partial charge on any atom is -0.486 e. The SMILES string of the molecule is Cn1cc(C(=O)NNC(=O)NCC2COc3ccccc3O2)c2ccccc21. The van der Waals surface area contributed by atoms with Gasteiger partial charge in [-0.05, 0) is 18.2 Å². The number of hydrogen-bond donors (Lipinski definition) is 3. The highest BCUT2D eigenvalue weighted by Crippen LogP contribution is 2.30. The molecule has 0 spiro atoms. The van der Waals surface area contributed by atoms with Crippen molar-refractivity contribution in [3.63, 3.8) is 0 Å². The molecule has 1 aliphatic heterocycles. The third-order valence-corrected chi connectivity index (χ3v) is 4.49. The highest BCUT2D eigenvalue weighted by Gasteiger charge is 2.21. The van der Waals surface area contributed by atoms with Crippen LogP contribution in [-0.2, 0) is 7.05 Å². The van der Waals surface area contributed by atoms with Gasteiger partial charge in [-0.15, -0.1) is 0 Å². The van der Waals surface area contributed by atoms with Crippen molar-refractivity contribution in [3.05, 3.63) is 60.3 Å². The van der Waals surface area contributed by atoms with Crippen molar-refractivity contribution in [1.82, 2.24) is 20.7 Å². The Bertz CT molecular complexity index is 1030. The van der Waals surface area contributed by atoms with Crippen LogP contribution in [0.3, 0.4) is 0 Å². The van der Waals surface area contributed by atoms with Crippen molar-refractivity contribution in [2.24, 2.45) is 7.05 Å². The maximum absolute atomic E-state index is 12.4. The summed E-state index contributed by atoms with van der Waals surface area (Å²) in [6.45, 7) is 0.573. The maximum atomic E-state index is 12.4. The van der Waals surface area contributed by atoms with Gasteiger partial charge in [-0.25, -0.2) is 10.2 Å². The molecule has 3 amide bonds. The summed E-state index contributed by atoms with van der Waals surface area (Å²) in [5.41, 5.74) is 6.20. The van der Waals surface area contributed by atoms with Crippen molar-refractivity contribution in [1.29, 1.82) is 0 Å². The van der Waals surface area contributed by atoms with E-state index in [4.69, 9.17) is 9.47 Å². The molecule has 1 aliphatic rings. The summed E-state index contributed by atoms with van der Waals surface area (Å²) in [7, 11) is 1.86. The van der Waals surface area contributed by atoms with E-state index < -0.39 is 11.9 Å². The third kappa shape index (κ3) is 3.57. The molecule has 0 radical (unpaired) electrons. The summed E-state index contributed by atoms with van der Waals surface area (Å²) in [6, 6.07) is 14.4. The molecule has 3 N–H and O–H groups in total. The molecule has 28 heavy (non-hydrogen) atoms. The number of nitrogens with one attached hydrogen (secondary N) is 3. The van der Waals surface area contributed by atoms with Crippen LogP contribution in [0.2, 0.25) is 0 Å². The van der Waals surface area contributed by atoms with Crippen LogP contribution in [-0.4, -0.2) is 35.8 Å². The number of hydrogen-bond acceptors (Lipinski definition) is 4. The Kier molecular flexibility index (Phi) is 4.76. The van der Waals surface area contributed by atoms with E-state index in [1.807, 2.05) is 60.1 Å². The number of ether oxygens (including phenoxy) is 2. The number of urea groups is 1. The Morgan fingerprint density at radius 3 is 2.68 bits per heavy atom. The van der Waals surface area contributed by atoms with Gasteiger partial charge in [0.25, 0.3) is 5.91 Å². The molecule has 0 aliphatic carbocycles. The van der Waals surface area contributed by atoms with Crippen LogP contribution in [0, 0.1) is 0 Å². The second-order valence-electron chi connectivity index (χ2n) is 6.46. The molecule has 4 rings (SSSR count). The molecular formula is C20H20N4O4. The maximum Gasteiger partial charge on any atom is 0.333 e. The molecule has 8 nitrogen and oxygen atoms in total. The smallest absolute Gasteiger partial charge is 0.333 e. The minimum atomic E-state index is -0.531. The normalized spacial score (nSPS) is 15.1. The van der Waals surface area contributed by atoms with Crippen LogP contribution < -0.4 is 25.6 Å². The number of carbonyl (C=O) groups is 2. The molecular weight excluding hydrogens is 360 g/mol. The monoisotopic (exact) mass is 380 g/mol. The lowest BCUT2D eigenvalue weighted by Gasteiger charge is -2.26. The van der Waals surface area contributed by atoms with Gasteiger partial charge in [0.1, 0.15) is 6.61 Å². The van der Waals surface area contributed by atoms with Crippen molar-refractivity contribution >= 4 is 22.8 Å². The van der Waals surface area contributed by atoms with Gasteiger partial charge in [-0.1, -0.05) is 30.3 Å². The largest absolute Gasteiger partial charge is 0.486 e. The highest BCUT2D eigenvalue weighted by atomic mass is 16.6.